The fraction of sp³-hybridized carbons (Fsp3) is 0.238. The molecule has 3 rings (SSSR count). The van der Waals surface area contributed by atoms with Crippen LogP contribution in [0, 0.1) is 0 Å². The predicted octanol–water partition coefficient (Wildman–Crippen LogP) is 5.32. The summed E-state index contributed by atoms with van der Waals surface area (Å²) in [6.45, 7) is 6.58. The van der Waals surface area contributed by atoms with Gasteiger partial charge in [0.2, 0.25) is 0 Å². The highest BCUT2D eigenvalue weighted by atomic mass is 35.5. The van der Waals surface area contributed by atoms with Crippen molar-refractivity contribution in [3.63, 3.8) is 0 Å². The molecule has 0 aliphatic carbocycles. The van der Waals surface area contributed by atoms with Crippen molar-refractivity contribution in [2.24, 2.45) is 0 Å². The molecule has 3 heteroatoms. The third kappa shape index (κ3) is 3.12. The van der Waals surface area contributed by atoms with Crippen molar-refractivity contribution >= 4 is 22.5 Å². The lowest BCUT2D eigenvalue weighted by Crippen LogP contribution is -2.11. The van der Waals surface area contributed by atoms with Crippen molar-refractivity contribution in [1.82, 2.24) is 4.57 Å². The van der Waals surface area contributed by atoms with Gasteiger partial charge < -0.3 is 9.67 Å². The number of halogens is 1. The van der Waals surface area contributed by atoms with Crippen molar-refractivity contribution in [3.05, 3.63) is 83.0 Å². The standard InChI is InChI=1S/C21H22ClNO/c1-3-7-17-18-8-5-6-9-20(18)23(19(17)4-2)14-21(24)15-10-12-16(22)13-11-15/h3,5-6,8-13,21,24H,1,4,7,14H2,2H3. The molecular formula is C21H22ClNO. The molecule has 24 heavy (non-hydrogen) atoms. The summed E-state index contributed by atoms with van der Waals surface area (Å²) in [6.07, 6.45) is 3.14. The molecule has 0 amide bonds. The molecule has 2 nitrogen and oxygen atoms in total. The van der Waals surface area contributed by atoms with E-state index in [0.29, 0.717) is 11.6 Å². The van der Waals surface area contributed by atoms with Crippen molar-refractivity contribution in [2.45, 2.75) is 32.4 Å². The minimum absolute atomic E-state index is 0.530. The van der Waals surface area contributed by atoms with Gasteiger partial charge in [-0.25, -0.2) is 0 Å². The van der Waals surface area contributed by atoms with Crippen LogP contribution in [0.1, 0.15) is 29.8 Å². The van der Waals surface area contributed by atoms with Crippen LogP contribution >= 0.6 is 11.6 Å². The normalized spacial score (nSPS) is 12.5. The van der Waals surface area contributed by atoms with Crippen LogP contribution in [0.4, 0.5) is 0 Å². The van der Waals surface area contributed by atoms with Crippen LogP contribution in [0.2, 0.25) is 5.02 Å². The van der Waals surface area contributed by atoms with Crippen LogP contribution in [0.5, 0.6) is 0 Å². The Morgan fingerprint density at radius 1 is 1.17 bits per heavy atom. The maximum absolute atomic E-state index is 10.7. The Kier molecular flexibility index (Phi) is 5.08. The van der Waals surface area contributed by atoms with Gasteiger partial charge in [0.15, 0.2) is 0 Å². The summed E-state index contributed by atoms with van der Waals surface area (Å²) >= 11 is 5.94. The number of para-hydroxylation sites is 1. The quantitative estimate of drug-likeness (QED) is 0.604. The highest BCUT2D eigenvalue weighted by Crippen LogP contribution is 2.30. The number of aliphatic hydroxyl groups excluding tert-OH is 1. The number of benzene rings is 2. The zero-order valence-corrected chi connectivity index (χ0v) is 14.6. The van der Waals surface area contributed by atoms with Crippen LogP contribution in [-0.4, -0.2) is 9.67 Å². The molecule has 1 aromatic heterocycles. The summed E-state index contributed by atoms with van der Waals surface area (Å²) in [5.41, 5.74) is 4.62. The van der Waals surface area contributed by atoms with E-state index in [-0.39, 0.29) is 0 Å². The Hall–Kier alpha value is -2.03. The molecule has 1 unspecified atom stereocenters. The molecule has 0 aliphatic heterocycles. The lowest BCUT2D eigenvalue weighted by atomic mass is 10.1. The third-order valence-corrected chi connectivity index (χ3v) is 4.74. The third-order valence-electron chi connectivity index (χ3n) is 4.49. The van der Waals surface area contributed by atoms with Crippen molar-refractivity contribution in [1.29, 1.82) is 0 Å². The number of fused-ring (bicyclic) bond motifs is 1. The predicted molar refractivity (Wildman–Crippen MR) is 102 cm³/mol. The molecule has 0 saturated carbocycles. The SMILES string of the molecule is C=CCc1c(CC)n(CC(O)c2ccc(Cl)cc2)c2ccccc12. The van der Waals surface area contributed by atoms with Crippen molar-refractivity contribution in [3.8, 4) is 0 Å². The van der Waals surface area contributed by atoms with Gasteiger partial charge in [-0.1, -0.05) is 54.9 Å². The maximum atomic E-state index is 10.7. The van der Waals surface area contributed by atoms with E-state index in [4.69, 9.17) is 11.6 Å². The minimum atomic E-state index is -0.569. The molecule has 1 heterocycles. The maximum Gasteiger partial charge on any atom is 0.0969 e. The monoisotopic (exact) mass is 339 g/mol. The zero-order chi connectivity index (χ0) is 17.1. The average Bonchev–Trinajstić information content (AvgIpc) is 2.89. The Labute approximate surface area is 148 Å². The number of aromatic nitrogens is 1. The number of hydrogen-bond acceptors (Lipinski definition) is 1. The number of rotatable bonds is 6. The van der Waals surface area contributed by atoms with Gasteiger partial charge >= 0.3 is 0 Å². The van der Waals surface area contributed by atoms with E-state index < -0.39 is 6.10 Å². The first kappa shape index (κ1) is 16.8. The second kappa shape index (κ2) is 7.25. The number of aliphatic hydroxyl groups is 1. The summed E-state index contributed by atoms with van der Waals surface area (Å²) in [5.74, 6) is 0. The zero-order valence-electron chi connectivity index (χ0n) is 13.9. The van der Waals surface area contributed by atoms with Crippen LogP contribution in [0.15, 0.2) is 61.2 Å². The van der Waals surface area contributed by atoms with Gasteiger partial charge in [0.1, 0.15) is 0 Å². The molecule has 0 aliphatic rings. The molecule has 124 valence electrons. The van der Waals surface area contributed by atoms with Gasteiger partial charge in [0, 0.05) is 21.6 Å². The summed E-state index contributed by atoms with van der Waals surface area (Å²) in [4.78, 5) is 0. The van der Waals surface area contributed by atoms with E-state index in [1.807, 2.05) is 36.4 Å². The first-order valence-electron chi connectivity index (χ1n) is 8.29. The molecule has 1 N–H and O–H groups in total. The summed E-state index contributed by atoms with van der Waals surface area (Å²) in [5, 5.41) is 12.6. The molecule has 0 fully saturated rings. The Balaban J connectivity index is 2.04. The first-order chi connectivity index (χ1) is 11.7. The van der Waals surface area contributed by atoms with Gasteiger partial charge in [-0.05, 0) is 42.2 Å². The van der Waals surface area contributed by atoms with E-state index in [0.717, 1.165) is 18.4 Å². The second-order valence-corrected chi connectivity index (χ2v) is 6.40. The van der Waals surface area contributed by atoms with Gasteiger partial charge in [-0.2, -0.15) is 0 Å². The van der Waals surface area contributed by atoms with E-state index in [9.17, 15) is 5.11 Å². The number of nitrogens with zero attached hydrogens (tertiary/aromatic N) is 1. The van der Waals surface area contributed by atoms with Crippen LogP contribution in [0.3, 0.4) is 0 Å². The lowest BCUT2D eigenvalue weighted by Gasteiger charge is -2.16. The molecule has 2 aromatic carbocycles. The summed E-state index contributed by atoms with van der Waals surface area (Å²) in [6, 6.07) is 15.8. The lowest BCUT2D eigenvalue weighted by molar-refractivity contribution is 0.157. The Bertz CT molecular complexity index is 848. The van der Waals surface area contributed by atoms with Crippen LogP contribution in [0.25, 0.3) is 10.9 Å². The summed E-state index contributed by atoms with van der Waals surface area (Å²) < 4.78 is 2.24. The average molecular weight is 340 g/mol. The molecule has 0 spiro atoms. The van der Waals surface area contributed by atoms with E-state index in [1.165, 1.54) is 22.2 Å². The summed E-state index contributed by atoms with van der Waals surface area (Å²) in [7, 11) is 0. The van der Waals surface area contributed by atoms with E-state index in [1.54, 1.807) is 0 Å². The van der Waals surface area contributed by atoms with Crippen LogP contribution < -0.4 is 0 Å². The second-order valence-electron chi connectivity index (χ2n) is 5.97. The highest BCUT2D eigenvalue weighted by Gasteiger charge is 2.17. The van der Waals surface area contributed by atoms with E-state index in [2.05, 4.69) is 36.3 Å². The largest absolute Gasteiger partial charge is 0.387 e. The Morgan fingerprint density at radius 2 is 1.88 bits per heavy atom. The van der Waals surface area contributed by atoms with Gasteiger partial charge in [0.05, 0.1) is 12.6 Å². The smallest absolute Gasteiger partial charge is 0.0969 e. The van der Waals surface area contributed by atoms with Crippen LogP contribution in [-0.2, 0) is 19.4 Å². The fourth-order valence-corrected chi connectivity index (χ4v) is 3.50. The molecule has 3 aromatic rings. The minimum Gasteiger partial charge on any atom is -0.387 e. The molecule has 0 saturated heterocycles. The Morgan fingerprint density at radius 3 is 2.54 bits per heavy atom. The number of allylic oxidation sites excluding steroid dienone is 1. The molecule has 0 bridgehead atoms. The first-order valence-corrected chi connectivity index (χ1v) is 8.66. The van der Waals surface area contributed by atoms with Crippen molar-refractivity contribution < 1.29 is 5.11 Å². The highest BCUT2D eigenvalue weighted by molar-refractivity contribution is 6.30. The van der Waals surface area contributed by atoms with Gasteiger partial charge in [-0.3, -0.25) is 0 Å². The molecule has 1 atom stereocenters. The number of hydrogen-bond donors (Lipinski definition) is 1. The topological polar surface area (TPSA) is 25.2 Å². The molecular weight excluding hydrogens is 318 g/mol. The van der Waals surface area contributed by atoms with Crippen molar-refractivity contribution in [2.75, 3.05) is 0 Å². The fourth-order valence-electron chi connectivity index (χ4n) is 3.38. The van der Waals surface area contributed by atoms with Gasteiger partial charge in [-0.15, -0.1) is 6.58 Å². The van der Waals surface area contributed by atoms with Gasteiger partial charge in [0.25, 0.3) is 0 Å². The molecule has 0 radical (unpaired) electrons. The van der Waals surface area contributed by atoms with E-state index >= 15 is 0 Å².